The van der Waals surface area contributed by atoms with Gasteiger partial charge in [0.1, 0.15) is 0 Å². The third-order valence-electron chi connectivity index (χ3n) is 5.83. The van der Waals surface area contributed by atoms with E-state index in [0.29, 0.717) is 0 Å². The quantitative estimate of drug-likeness (QED) is 0.843. The van der Waals surface area contributed by atoms with Gasteiger partial charge in [-0.3, -0.25) is 9.59 Å². The molecule has 2 saturated carbocycles. The third kappa shape index (κ3) is 1.70. The number of carboxylic acids is 1. The summed E-state index contributed by atoms with van der Waals surface area (Å²) in [6, 6.07) is 7.59. The van der Waals surface area contributed by atoms with Gasteiger partial charge < -0.3 is 10.4 Å². The van der Waals surface area contributed by atoms with Gasteiger partial charge in [0.05, 0.1) is 11.8 Å². The molecule has 0 radical (unpaired) electrons. The topological polar surface area (TPSA) is 66.4 Å². The van der Waals surface area contributed by atoms with Crippen molar-refractivity contribution in [3.63, 3.8) is 0 Å². The van der Waals surface area contributed by atoms with E-state index >= 15 is 0 Å². The molecule has 0 aliphatic heterocycles. The molecule has 22 heavy (non-hydrogen) atoms. The number of aliphatic carboxylic acids is 1. The van der Waals surface area contributed by atoms with Gasteiger partial charge in [0.25, 0.3) is 0 Å². The molecule has 0 heterocycles. The summed E-state index contributed by atoms with van der Waals surface area (Å²) in [6.45, 7) is 1.94. The predicted molar refractivity (Wildman–Crippen MR) is 82.2 cm³/mol. The van der Waals surface area contributed by atoms with E-state index in [2.05, 4.69) is 11.4 Å². The van der Waals surface area contributed by atoms with Crippen LogP contribution in [0.2, 0.25) is 0 Å². The highest BCUT2D eigenvalue weighted by Crippen LogP contribution is 2.72. The Kier molecular flexibility index (Phi) is 2.74. The minimum atomic E-state index is -0.840. The van der Waals surface area contributed by atoms with Gasteiger partial charge in [-0.2, -0.15) is 0 Å². The number of carbonyl (C=O) groups excluding carboxylic acids is 1. The van der Waals surface area contributed by atoms with Gasteiger partial charge in [0, 0.05) is 5.69 Å². The molecular formula is C18H19NO3. The van der Waals surface area contributed by atoms with Crippen LogP contribution in [-0.2, 0) is 9.59 Å². The van der Waals surface area contributed by atoms with Crippen LogP contribution in [0.3, 0.4) is 0 Å². The summed E-state index contributed by atoms with van der Waals surface area (Å²) in [4.78, 5) is 24.5. The second kappa shape index (κ2) is 4.45. The van der Waals surface area contributed by atoms with Crippen molar-refractivity contribution in [1.29, 1.82) is 0 Å². The van der Waals surface area contributed by atoms with E-state index < -0.39 is 17.8 Å². The Balaban J connectivity index is 1.64. The Labute approximate surface area is 129 Å². The zero-order valence-corrected chi connectivity index (χ0v) is 12.5. The summed E-state index contributed by atoms with van der Waals surface area (Å²) in [5.41, 5.74) is 1.83. The predicted octanol–water partition coefficient (Wildman–Crippen LogP) is 2.85. The summed E-state index contributed by atoms with van der Waals surface area (Å²) < 4.78 is 0. The van der Waals surface area contributed by atoms with Gasteiger partial charge in [-0.25, -0.2) is 0 Å². The first-order chi connectivity index (χ1) is 10.5. The van der Waals surface area contributed by atoms with Gasteiger partial charge in [0.15, 0.2) is 0 Å². The summed E-state index contributed by atoms with van der Waals surface area (Å²) in [5.74, 6) is -1.90. The molecule has 4 atom stereocenters. The Morgan fingerprint density at radius 1 is 1.14 bits per heavy atom. The average molecular weight is 297 g/mol. The number of aryl methyl sites for hydroxylation is 1. The first-order valence-electron chi connectivity index (χ1n) is 7.82. The van der Waals surface area contributed by atoms with Crippen LogP contribution in [0.5, 0.6) is 0 Å². The fraction of sp³-hybridized carbons (Fsp3) is 0.444. The minimum Gasteiger partial charge on any atom is -0.481 e. The van der Waals surface area contributed by atoms with Crippen molar-refractivity contribution < 1.29 is 14.7 Å². The molecule has 1 spiro atoms. The Morgan fingerprint density at radius 3 is 2.36 bits per heavy atom. The molecule has 2 bridgehead atoms. The van der Waals surface area contributed by atoms with Crippen LogP contribution in [0.4, 0.5) is 5.69 Å². The van der Waals surface area contributed by atoms with Crippen molar-refractivity contribution in [2.24, 2.45) is 29.1 Å². The van der Waals surface area contributed by atoms with Gasteiger partial charge in [-0.1, -0.05) is 30.4 Å². The Bertz CT molecular complexity index is 689. The van der Waals surface area contributed by atoms with Crippen molar-refractivity contribution in [2.75, 3.05) is 5.32 Å². The highest BCUT2D eigenvalue weighted by Gasteiger charge is 2.70. The maximum absolute atomic E-state index is 12.8. The molecule has 0 unspecified atom stereocenters. The van der Waals surface area contributed by atoms with Crippen molar-refractivity contribution in [3.8, 4) is 0 Å². The fourth-order valence-electron chi connectivity index (χ4n) is 4.62. The third-order valence-corrected chi connectivity index (χ3v) is 5.83. The summed E-state index contributed by atoms with van der Waals surface area (Å²) in [5, 5.41) is 12.6. The summed E-state index contributed by atoms with van der Waals surface area (Å²) in [6.07, 6.45) is 6.22. The van der Waals surface area contributed by atoms with Crippen molar-refractivity contribution >= 4 is 17.6 Å². The monoisotopic (exact) mass is 297 g/mol. The van der Waals surface area contributed by atoms with Crippen molar-refractivity contribution in [3.05, 3.63) is 42.0 Å². The van der Waals surface area contributed by atoms with Crippen molar-refractivity contribution in [2.45, 2.75) is 19.8 Å². The number of benzene rings is 1. The van der Waals surface area contributed by atoms with E-state index in [-0.39, 0.29) is 23.2 Å². The minimum absolute atomic E-state index is 0.0302. The van der Waals surface area contributed by atoms with E-state index in [1.807, 2.05) is 37.3 Å². The molecule has 2 fully saturated rings. The second-order valence-electron chi connectivity index (χ2n) is 6.86. The zero-order valence-electron chi connectivity index (χ0n) is 12.5. The highest BCUT2D eigenvalue weighted by atomic mass is 16.4. The molecule has 4 nitrogen and oxygen atoms in total. The lowest BCUT2D eigenvalue weighted by Gasteiger charge is -2.24. The number of hydrogen-bond donors (Lipinski definition) is 2. The Hall–Kier alpha value is -2.10. The number of nitrogens with one attached hydrogen (secondary N) is 1. The molecule has 3 aliphatic carbocycles. The van der Waals surface area contributed by atoms with Crippen LogP contribution < -0.4 is 5.32 Å². The van der Waals surface area contributed by atoms with Gasteiger partial charge in [0.2, 0.25) is 5.91 Å². The summed E-state index contributed by atoms with van der Waals surface area (Å²) in [7, 11) is 0. The van der Waals surface area contributed by atoms with Crippen LogP contribution in [0.1, 0.15) is 18.4 Å². The van der Waals surface area contributed by atoms with E-state index in [0.717, 1.165) is 24.1 Å². The van der Waals surface area contributed by atoms with Crippen LogP contribution >= 0.6 is 0 Å². The van der Waals surface area contributed by atoms with Gasteiger partial charge in [-0.05, 0) is 48.6 Å². The summed E-state index contributed by atoms with van der Waals surface area (Å²) >= 11 is 0. The lowest BCUT2D eigenvalue weighted by molar-refractivity contribution is -0.146. The number of allylic oxidation sites excluding steroid dienone is 2. The molecule has 3 aliphatic rings. The van der Waals surface area contributed by atoms with E-state index in [1.165, 1.54) is 0 Å². The molecule has 2 N–H and O–H groups in total. The number of carbonyl (C=O) groups is 2. The molecule has 4 rings (SSSR count). The molecule has 0 saturated heterocycles. The SMILES string of the molecule is Cc1ccccc1NC(=O)[C@@H]1[C@@H](C(=O)O)[C@@H]2C=C[C@@H]1C21CC1. The van der Waals surface area contributed by atoms with Crippen LogP contribution in [-0.4, -0.2) is 17.0 Å². The maximum Gasteiger partial charge on any atom is 0.307 e. The largest absolute Gasteiger partial charge is 0.481 e. The van der Waals surface area contributed by atoms with Crippen LogP contribution in [0.15, 0.2) is 36.4 Å². The lowest BCUT2D eigenvalue weighted by atomic mass is 9.82. The number of para-hydroxylation sites is 1. The molecule has 4 heteroatoms. The van der Waals surface area contributed by atoms with E-state index in [4.69, 9.17) is 0 Å². The number of anilines is 1. The second-order valence-corrected chi connectivity index (χ2v) is 6.86. The zero-order chi connectivity index (χ0) is 15.5. The Morgan fingerprint density at radius 2 is 1.77 bits per heavy atom. The average Bonchev–Trinajstić information content (AvgIpc) is 3.15. The number of rotatable bonds is 3. The molecule has 0 aromatic heterocycles. The standard InChI is InChI=1S/C18H19NO3/c1-10-4-2-3-5-13(10)19-16(20)14-11-6-7-12(15(14)17(21)22)18(11)8-9-18/h2-7,11-12,14-15H,8-9H2,1H3,(H,19,20)(H,21,22)/t11-,12-,14-,15-/m0/s1. The first kappa shape index (κ1) is 13.6. The smallest absolute Gasteiger partial charge is 0.307 e. The van der Waals surface area contributed by atoms with Crippen LogP contribution in [0, 0.1) is 36.0 Å². The number of carboxylic acid groups (broad SMARTS) is 1. The van der Waals surface area contributed by atoms with Gasteiger partial charge >= 0.3 is 5.97 Å². The number of hydrogen-bond acceptors (Lipinski definition) is 2. The number of amides is 1. The molecule has 1 amide bonds. The van der Waals surface area contributed by atoms with Crippen molar-refractivity contribution in [1.82, 2.24) is 0 Å². The van der Waals surface area contributed by atoms with E-state index in [9.17, 15) is 14.7 Å². The molecule has 1 aromatic rings. The maximum atomic E-state index is 12.8. The van der Waals surface area contributed by atoms with Crippen LogP contribution in [0.25, 0.3) is 0 Å². The normalized spacial score (nSPS) is 33.1. The fourth-order valence-corrected chi connectivity index (χ4v) is 4.62. The molecule has 1 aromatic carbocycles. The highest BCUT2D eigenvalue weighted by molar-refractivity contribution is 5.97. The van der Waals surface area contributed by atoms with Gasteiger partial charge in [-0.15, -0.1) is 0 Å². The lowest BCUT2D eigenvalue weighted by Crippen LogP contribution is -2.36. The first-order valence-corrected chi connectivity index (χ1v) is 7.82. The van der Waals surface area contributed by atoms with E-state index in [1.54, 1.807) is 0 Å². The molecular weight excluding hydrogens is 278 g/mol. The molecule has 114 valence electrons.